The van der Waals surface area contributed by atoms with Gasteiger partial charge in [-0.15, -0.1) is 0 Å². The van der Waals surface area contributed by atoms with Crippen LogP contribution in [0, 0.1) is 27.4 Å². The molecule has 0 amide bonds. The Balaban J connectivity index is 1.63. The van der Waals surface area contributed by atoms with E-state index < -0.39 is 38.6 Å². The van der Waals surface area contributed by atoms with Gasteiger partial charge in [-0.1, -0.05) is 119 Å². The third-order valence-corrected chi connectivity index (χ3v) is 6.56. The van der Waals surface area contributed by atoms with Gasteiger partial charge in [-0.25, -0.2) is 9.78 Å². The van der Waals surface area contributed by atoms with Gasteiger partial charge in [0, 0.05) is 16.4 Å². The Labute approximate surface area is 220 Å². The molecule has 0 bridgehead atoms. The van der Waals surface area contributed by atoms with Gasteiger partial charge >= 0.3 is 0 Å². The summed E-state index contributed by atoms with van der Waals surface area (Å²) in [4.78, 5) is 12.8. The Bertz CT molecular complexity index is 1390. The molecule has 0 unspecified atom stereocenters. The third-order valence-electron chi connectivity index (χ3n) is 6.56. The second kappa shape index (κ2) is 8.87. The van der Waals surface area contributed by atoms with Gasteiger partial charge in [0.05, 0.1) is 0 Å². The standard InChI is InChI=1S/C32H32O2/c1-23-5-13-27(14-6-23)31(28-15-7-24(2)8-16-28)21-22-32(34-33-31,29-17-9-25(3)10-18-29)30-19-11-26(4)12-20-30/h5-20H,21-22H2,1-4H3/i1D3,2D3,3D3,4D3. The first kappa shape index (κ1) is 12.5. The predicted octanol–water partition coefficient (Wildman–Crippen LogP) is 7.85. The molecule has 0 radical (unpaired) electrons. The highest BCUT2D eigenvalue weighted by Crippen LogP contribution is 2.51. The van der Waals surface area contributed by atoms with Crippen LogP contribution in [0.3, 0.4) is 0 Å². The number of benzene rings is 4. The lowest BCUT2D eigenvalue weighted by molar-refractivity contribution is -0.432. The molecule has 1 aliphatic heterocycles. The molecule has 4 aromatic rings. The molecule has 1 fully saturated rings. The van der Waals surface area contributed by atoms with Crippen molar-refractivity contribution in [2.24, 2.45) is 0 Å². The van der Waals surface area contributed by atoms with Gasteiger partial charge in [-0.3, -0.25) is 0 Å². The third kappa shape index (κ3) is 3.98. The largest absolute Gasteiger partial charge is 0.219 e. The van der Waals surface area contributed by atoms with E-state index in [4.69, 9.17) is 26.2 Å². The second-order valence-electron chi connectivity index (χ2n) is 8.63. The zero-order valence-corrected chi connectivity index (χ0v) is 18.5. The summed E-state index contributed by atoms with van der Waals surface area (Å²) in [5.74, 6) is 0. The van der Waals surface area contributed by atoms with Crippen LogP contribution < -0.4 is 0 Å². The lowest BCUT2D eigenvalue weighted by atomic mass is 9.74. The van der Waals surface area contributed by atoms with E-state index in [9.17, 15) is 0 Å². The van der Waals surface area contributed by atoms with E-state index in [1.54, 1.807) is 48.5 Å². The van der Waals surface area contributed by atoms with E-state index in [1.807, 2.05) is 0 Å². The summed E-state index contributed by atoms with van der Waals surface area (Å²) in [6, 6.07) is 25.1. The molecule has 1 saturated heterocycles. The lowest BCUT2D eigenvalue weighted by Crippen LogP contribution is -2.45. The summed E-state index contributed by atoms with van der Waals surface area (Å²) in [5.41, 5.74) is 0.272. The van der Waals surface area contributed by atoms with Crippen molar-refractivity contribution < 1.29 is 26.2 Å². The lowest BCUT2D eigenvalue weighted by Gasteiger charge is -2.46. The molecule has 0 saturated carbocycles. The minimum atomic E-state index is -2.33. The smallest absolute Gasteiger partial charge is 0.154 e. The first-order chi connectivity index (χ1) is 21.3. The van der Waals surface area contributed by atoms with Crippen LogP contribution in [0.1, 0.15) is 73.8 Å². The van der Waals surface area contributed by atoms with Crippen LogP contribution in [-0.4, -0.2) is 0 Å². The summed E-state index contributed by atoms with van der Waals surface area (Å²) >= 11 is 0. The molecule has 2 heteroatoms. The zero-order chi connectivity index (χ0) is 33.8. The van der Waals surface area contributed by atoms with Crippen LogP contribution in [0.25, 0.3) is 0 Å². The number of hydrogen-bond donors (Lipinski definition) is 0. The van der Waals surface area contributed by atoms with Crippen molar-refractivity contribution in [3.05, 3.63) is 142 Å². The first-order valence-corrected chi connectivity index (χ1v) is 11.1. The molecular formula is C32H32O2. The summed E-state index contributed by atoms with van der Waals surface area (Å²) in [5, 5.41) is 0. The van der Waals surface area contributed by atoms with Crippen molar-refractivity contribution >= 4 is 0 Å². The molecule has 0 N–H and O–H groups in total. The average molecular weight is 461 g/mol. The Kier molecular flexibility index (Phi) is 3.26. The highest BCUT2D eigenvalue weighted by Gasteiger charge is 2.49. The van der Waals surface area contributed by atoms with E-state index in [-0.39, 0.29) is 35.1 Å². The van der Waals surface area contributed by atoms with Crippen LogP contribution in [0.5, 0.6) is 0 Å². The van der Waals surface area contributed by atoms with Gasteiger partial charge in [-0.2, -0.15) is 0 Å². The Morgan fingerprint density at radius 1 is 0.441 bits per heavy atom. The molecule has 0 atom stereocenters. The molecule has 1 aliphatic rings. The molecular weight excluding hydrogens is 416 g/mol. The fourth-order valence-corrected chi connectivity index (χ4v) is 4.64. The van der Waals surface area contributed by atoms with Crippen molar-refractivity contribution in [2.75, 3.05) is 0 Å². The SMILES string of the molecule is [2H]C([2H])([2H])c1ccc(C2(c3ccc(C([2H])([2H])[2H])cc3)CCC(c3ccc(C([2H])([2H])[2H])cc3)(c3ccc(C([2H])([2H])[2H])cc3)OO2)cc1. The molecule has 5 rings (SSSR count). The van der Waals surface area contributed by atoms with Crippen LogP contribution in [0.4, 0.5) is 0 Å². The summed E-state index contributed by atoms with van der Waals surface area (Å²) in [6.45, 7) is -9.30. The van der Waals surface area contributed by atoms with Crippen LogP contribution in [0.2, 0.25) is 0 Å². The molecule has 4 aromatic carbocycles. The maximum absolute atomic E-state index is 7.79. The molecule has 0 spiro atoms. The first-order valence-electron chi connectivity index (χ1n) is 17.1. The molecule has 0 aromatic heterocycles. The summed E-state index contributed by atoms with van der Waals surface area (Å²) in [6.07, 6.45) is 0.518. The molecule has 34 heavy (non-hydrogen) atoms. The maximum Gasteiger partial charge on any atom is 0.154 e. The highest BCUT2D eigenvalue weighted by molar-refractivity contribution is 5.43. The van der Waals surface area contributed by atoms with Gasteiger partial charge in [0.1, 0.15) is 0 Å². The van der Waals surface area contributed by atoms with Gasteiger partial charge in [0.25, 0.3) is 0 Å². The molecule has 1 heterocycles. The second-order valence-corrected chi connectivity index (χ2v) is 8.63. The highest BCUT2D eigenvalue weighted by atomic mass is 17.2. The van der Waals surface area contributed by atoms with Crippen molar-refractivity contribution in [3.8, 4) is 0 Å². The number of aryl methyl sites for hydroxylation is 4. The Morgan fingerprint density at radius 3 is 0.853 bits per heavy atom. The molecule has 0 aliphatic carbocycles. The van der Waals surface area contributed by atoms with E-state index in [2.05, 4.69) is 0 Å². The van der Waals surface area contributed by atoms with Gasteiger partial charge < -0.3 is 0 Å². The van der Waals surface area contributed by atoms with E-state index in [1.165, 1.54) is 48.5 Å². The minimum Gasteiger partial charge on any atom is -0.219 e. The van der Waals surface area contributed by atoms with E-state index in [0.29, 0.717) is 22.3 Å². The van der Waals surface area contributed by atoms with Crippen molar-refractivity contribution in [3.63, 3.8) is 0 Å². The topological polar surface area (TPSA) is 18.5 Å². The van der Waals surface area contributed by atoms with Crippen molar-refractivity contribution in [2.45, 2.75) is 51.5 Å². The zero-order valence-electron chi connectivity index (χ0n) is 30.5. The van der Waals surface area contributed by atoms with Gasteiger partial charge in [-0.05, 0) is 62.5 Å². The normalized spacial score (nSPS) is 23.5. The van der Waals surface area contributed by atoms with Gasteiger partial charge in [0.15, 0.2) is 11.2 Å². The van der Waals surface area contributed by atoms with E-state index in [0.717, 1.165) is 0 Å². The van der Waals surface area contributed by atoms with Crippen LogP contribution in [0.15, 0.2) is 97.1 Å². The van der Waals surface area contributed by atoms with E-state index >= 15 is 0 Å². The monoisotopic (exact) mass is 460 g/mol. The average Bonchev–Trinajstić information content (AvgIpc) is 3.00. The summed E-state index contributed by atoms with van der Waals surface area (Å²) < 4.78 is 93.4. The van der Waals surface area contributed by atoms with Crippen molar-refractivity contribution in [1.29, 1.82) is 0 Å². The van der Waals surface area contributed by atoms with Gasteiger partial charge in [0.2, 0.25) is 0 Å². The van der Waals surface area contributed by atoms with Crippen LogP contribution >= 0.6 is 0 Å². The number of rotatable bonds is 4. The quantitative estimate of drug-likeness (QED) is 0.289. The Morgan fingerprint density at radius 2 is 0.676 bits per heavy atom. The maximum atomic E-state index is 7.79. The molecule has 172 valence electrons. The van der Waals surface area contributed by atoms with Crippen molar-refractivity contribution in [1.82, 2.24) is 0 Å². The summed E-state index contributed by atoms with van der Waals surface area (Å²) in [7, 11) is 0. The fourth-order valence-electron chi connectivity index (χ4n) is 4.64. The fraction of sp³-hybridized carbons (Fsp3) is 0.250. The molecule has 2 nitrogen and oxygen atoms in total. The predicted molar refractivity (Wildman–Crippen MR) is 138 cm³/mol. The Hall–Kier alpha value is -3.20. The van der Waals surface area contributed by atoms with Crippen LogP contribution in [-0.2, 0) is 21.0 Å². The minimum absolute atomic E-state index is 0.138. The number of hydrogen-bond acceptors (Lipinski definition) is 2.